The predicted octanol–water partition coefficient (Wildman–Crippen LogP) is 7.71. The molecule has 0 aliphatic rings. The van der Waals surface area contributed by atoms with Crippen LogP contribution in [-0.4, -0.2) is 16.9 Å². The Kier molecular flexibility index (Phi) is 19.3. The summed E-state index contributed by atoms with van der Waals surface area (Å²) in [5.41, 5.74) is 0. The monoisotopic (exact) mass is 382 g/mol. The Morgan fingerprint density at radius 2 is 0.963 bits per heavy atom. The van der Waals surface area contributed by atoms with Gasteiger partial charge in [-0.05, 0) is 12.8 Å². The molecular weight excluding hydrogens is 336 g/mol. The summed E-state index contributed by atoms with van der Waals surface area (Å²) in [6.07, 6.45) is 21.9. The number of carbonyl (C=O) groups excluding carboxylic acids is 1. The zero-order valence-electron chi connectivity index (χ0n) is 18.3. The highest BCUT2D eigenvalue weighted by atomic mass is 16.4. The van der Waals surface area contributed by atoms with Gasteiger partial charge in [0.05, 0.1) is 0 Å². The Bertz CT molecular complexity index is 352. The summed E-state index contributed by atoms with van der Waals surface area (Å²) in [4.78, 5) is 23.4. The summed E-state index contributed by atoms with van der Waals surface area (Å²) in [5, 5.41) is 9.28. The van der Waals surface area contributed by atoms with Crippen LogP contribution in [0.2, 0.25) is 0 Å². The topological polar surface area (TPSA) is 54.4 Å². The zero-order chi connectivity index (χ0) is 20.2. The van der Waals surface area contributed by atoms with Crippen LogP contribution in [0.1, 0.15) is 136 Å². The molecule has 27 heavy (non-hydrogen) atoms. The van der Waals surface area contributed by atoms with Crippen LogP contribution in [0.3, 0.4) is 0 Å². The van der Waals surface area contributed by atoms with E-state index in [1.165, 1.54) is 77.0 Å². The van der Waals surface area contributed by atoms with E-state index in [9.17, 15) is 14.7 Å². The Morgan fingerprint density at radius 3 is 1.37 bits per heavy atom. The van der Waals surface area contributed by atoms with Crippen molar-refractivity contribution in [2.45, 2.75) is 136 Å². The fraction of sp³-hybridized carbons (Fsp3) is 0.917. The van der Waals surface area contributed by atoms with Gasteiger partial charge in [-0.2, -0.15) is 0 Å². The van der Waals surface area contributed by atoms with Gasteiger partial charge in [-0.25, -0.2) is 0 Å². The zero-order valence-corrected chi connectivity index (χ0v) is 18.3. The first-order valence-electron chi connectivity index (χ1n) is 11.9. The normalized spacial score (nSPS) is 12.2. The third-order valence-corrected chi connectivity index (χ3v) is 5.56. The molecule has 0 aromatic carbocycles. The van der Waals surface area contributed by atoms with E-state index < -0.39 is 11.9 Å². The molecule has 1 N–H and O–H groups in total. The molecule has 160 valence electrons. The van der Waals surface area contributed by atoms with Crippen LogP contribution in [0.25, 0.3) is 0 Å². The number of Topliss-reactive ketones (excluding diaryl/α,β-unsaturated/α-hetero) is 1. The van der Waals surface area contributed by atoms with E-state index in [1.807, 2.05) is 0 Å². The Morgan fingerprint density at radius 1 is 0.593 bits per heavy atom. The number of carboxylic acids is 1. The van der Waals surface area contributed by atoms with Gasteiger partial charge in [-0.1, -0.05) is 117 Å². The maximum absolute atomic E-state index is 12.0. The first-order valence-corrected chi connectivity index (χ1v) is 11.9. The molecule has 0 aromatic rings. The average molecular weight is 383 g/mol. The van der Waals surface area contributed by atoms with Crippen LogP contribution in [0.5, 0.6) is 0 Å². The summed E-state index contributed by atoms with van der Waals surface area (Å²) in [5.74, 6) is -1.75. The molecule has 0 amide bonds. The van der Waals surface area contributed by atoms with E-state index in [4.69, 9.17) is 0 Å². The molecule has 1 atom stereocenters. The van der Waals surface area contributed by atoms with Crippen LogP contribution in [0.15, 0.2) is 0 Å². The maximum atomic E-state index is 12.0. The number of carbonyl (C=O) groups is 2. The fourth-order valence-corrected chi connectivity index (χ4v) is 3.69. The Balaban J connectivity index is 3.50. The lowest BCUT2D eigenvalue weighted by molar-refractivity contribution is -0.146. The molecule has 0 radical (unpaired) electrons. The fourth-order valence-electron chi connectivity index (χ4n) is 3.69. The molecule has 3 nitrogen and oxygen atoms in total. The third kappa shape index (κ3) is 17.0. The van der Waals surface area contributed by atoms with E-state index in [-0.39, 0.29) is 5.78 Å². The van der Waals surface area contributed by atoms with Gasteiger partial charge < -0.3 is 5.11 Å². The van der Waals surface area contributed by atoms with Crippen molar-refractivity contribution in [3.63, 3.8) is 0 Å². The smallest absolute Gasteiger partial charge is 0.314 e. The summed E-state index contributed by atoms with van der Waals surface area (Å²) >= 11 is 0. The lowest BCUT2D eigenvalue weighted by Crippen LogP contribution is -2.23. The lowest BCUT2D eigenvalue weighted by atomic mass is 9.93. The van der Waals surface area contributed by atoms with Crippen molar-refractivity contribution in [1.82, 2.24) is 0 Å². The minimum atomic E-state index is -0.925. The summed E-state index contributed by atoms with van der Waals surface area (Å²) < 4.78 is 0. The van der Waals surface area contributed by atoms with E-state index in [0.29, 0.717) is 12.8 Å². The highest BCUT2D eigenvalue weighted by Crippen LogP contribution is 2.17. The Labute approximate surface area is 168 Å². The maximum Gasteiger partial charge on any atom is 0.314 e. The van der Waals surface area contributed by atoms with Crippen molar-refractivity contribution in [2.24, 2.45) is 5.92 Å². The van der Waals surface area contributed by atoms with Crippen LogP contribution < -0.4 is 0 Å². The van der Waals surface area contributed by atoms with Crippen molar-refractivity contribution >= 4 is 11.8 Å². The first-order chi connectivity index (χ1) is 13.1. The van der Waals surface area contributed by atoms with Gasteiger partial charge in [0.25, 0.3) is 0 Å². The second-order valence-corrected chi connectivity index (χ2v) is 8.20. The molecule has 0 fully saturated rings. The molecule has 1 unspecified atom stereocenters. The summed E-state index contributed by atoms with van der Waals surface area (Å²) in [6.45, 7) is 4.35. The molecule has 0 rings (SSSR count). The van der Waals surface area contributed by atoms with Crippen molar-refractivity contribution in [2.75, 3.05) is 0 Å². The van der Waals surface area contributed by atoms with E-state index in [2.05, 4.69) is 13.8 Å². The largest absolute Gasteiger partial charge is 0.481 e. The van der Waals surface area contributed by atoms with Crippen molar-refractivity contribution in [3.8, 4) is 0 Å². The minimum Gasteiger partial charge on any atom is -0.481 e. The van der Waals surface area contributed by atoms with Crippen LogP contribution in [0.4, 0.5) is 0 Å². The summed E-state index contributed by atoms with van der Waals surface area (Å²) in [7, 11) is 0. The number of hydrogen-bond donors (Lipinski definition) is 1. The number of unbranched alkanes of at least 4 members (excludes halogenated alkanes) is 15. The predicted molar refractivity (Wildman–Crippen MR) is 115 cm³/mol. The highest BCUT2D eigenvalue weighted by Gasteiger charge is 2.24. The lowest BCUT2D eigenvalue weighted by Gasteiger charge is -2.11. The van der Waals surface area contributed by atoms with Gasteiger partial charge in [-0.3, -0.25) is 9.59 Å². The standard InChI is InChI=1S/C24H46O3/c1-3-5-7-8-9-10-11-12-13-14-15-16-17-19-20-22(24(26)27)23(25)21-18-6-4-2/h22H,3-21H2,1-2H3,(H,26,27). The highest BCUT2D eigenvalue weighted by molar-refractivity contribution is 5.98. The van der Waals surface area contributed by atoms with Crippen LogP contribution in [-0.2, 0) is 9.59 Å². The van der Waals surface area contributed by atoms with Gasteiger partial charge in [0.1, 0.15) is 11.7 Å². The second kappa shape index (κ2) is 19.9. The molecular formula is C24H46O3. The molecule has 0 aromatic heterocycles. The summed E-state index contributed by atoms with van der Waals surface area (Å²) in [6, 6.07) is 0. The van der Waals surface area contributed by atoms with Crippen molar-refractivity contribution < 1.29 is 14.7 Å². The first kappa shape index (κ1) is 26.1. The van der Waals surface area contributed by atoms with Gasteiger partial charge >= 0.3 is 5.97 Å². The van der Waals surface area contributed by atoms with Crippen LogP contribution >= 0.6 is 0 Å². The average Bonchev–Trinajstić information content (AvgIpc) is 2.64. The SMILES string of the molecule is CCCCCCCCCCCCCCCCC(C(=O)O)C(=O)CCCCC. The number of hydrogen-bond acceptors (Lipinski definition) is 2. The number of aliphatic carboxylic acids is 1. The van der Waals surface area contributed by atoms with E-state index in [1.54, 1.807) is 0 Å². The molecule has 0 aliphatic heterocycles. The van der Waals surface area contributed by atoms with E-state index >= 15 is 0 Å². The molecule has 0 spiro atoms. The van der Waals surface area contributed by atoms with Crippen molar-refractivity contribution in [3.05, 3.63) is 0 Å². The second-order valence-electron chi connectivity index (χ2n) is 8.20. The number of ketones is 1. The van der Waals surface area contributed by atoms with E-state index in [0.717, 1.165) is 32.1 Å². The quantitative estimate of drug-likeness (QED) is 0.163. The molecule has 3 heteroatoms. The molecule has 0 heterocycles. The molecule has 0 saturated carbocycles. The molecule has 0 aliphatic carbocycles. The van der Waals surface area contributed by atoms with Gasteiger partial charge in [0.15, 0.2) is 0 Å². The van der Waals surface area contributed by atoms with Crippen molar-refractivity contribution in [1.29, 1.82) is 0 Å². The van der Waals surface area contributed by atoms with Gasteiger partial charge in [0, 0.05) is 6.42 Å². The number of rotatable bonds is 21. The van der Waals surface area contributed by atoms with Crippen LogP contribution in [0, 0.1) is 5.92 Å². The third-order valence-electron chi connectivity index (χ3n) is 5.56. The number of carboxylic acid groups (broad SMARTS) is 1. The van der Waals surface area contributed by atoms with Gasteiger partial charge in [0.2, 0.25) is 0 Å². The molecule has 0 saturated heterocycles. The van der Waals surface area contributed by atoms with Gasteiger partial charge in [-0.15, -0.1) is 0 Å². The molecule has 0 bridgehead atoms. The Hall–Kier alpha value is -0.860. The minimum absolute atomic E-state index is 0.0642.